The van der Waals surface area contributed by atoms with Crippen molar-refractivity contribution in [2.75, 3.05) is 13.1 Å². The van der Waals surface area contributed by atoms with E-state index >= 15 is 0 Å². The van der Waals surface area contributed by atoms with Gasteiger partial charge < -0.3 is 5.73 Å². The molecule has 116 valence electrons. The van der Waals surface area contributed by atoms with Crippen LogP contribution in [0.4, 0.5) is 5.69 Å². The lowest BCUT2D eigenvalue weighted by Crippen LogP contribution is -2.49. The number of benzene rings is 1. The van der Waals surface area contributed by atoms with Gasteiger partial charge in [-0.2, -0.15) is 4.31 Å². The molecule has 2 N–H and O–H groups in total. The van der Waals surface area contributed by atoms with Crippen molar-refractivity contribution >= 4 is 15.7 Å². The predicted molar refractivity (Wildman–Crippen MR) is 78.2 cm³/mol. The lowest BCUT2D eigenvalue weighted by Gasteiger charge is -2.36. The summed E-state index contributed by atoms with van der Waals surface area (Å²) in [5.74, 6) is 0.446. The Balaban J connectivity index is 2.30. The first-order valence-corrected chi connectivity index (χ1v) is 8.26. The maximum atomic E-state index is 12.6. The zero-order valence-corrected chi connectivity index (χ0v) is 12.6. The van der Waals surface area contributed by atoms with E-state index < -0.39 is 14.9 Å². The number of nitrogens with zero attached hydrogens (tertiary/aromatic N) is 2. The molecule has 1 aromatic rings. The highest BCUT2D eigenvalue weighted by Gasteiger charge is 2.35. The number of hydrogen-bond donors (Lipinski definition) is 1. The highest BCUT2D eigenvalue weighted by atomic mass is 32.2. The van der Waals surface area contributed by atoms with Crippen LogP contribution in [0.5, 0.6) is 0 Å². The molecular weight excluding hydrogens is 294 g/mol. The standard InChI is InChI=1S/C13H19N3O4S/c1-10-6-7-15(12(8-10)9-14)21(19,20)13-4-2-11(3-5-13)16(17)18/h2-5,10,12H,6-9,14H2,1H3. The van der Waals surface area contributed by atoms with Gasteiger partial charge in [0, 0.05) is 31.3 Å². The summed E-state index contributed by atoms with van der Waals surface area (Å²) in [5.41, 5.74) is 5.57. The summed E-state index contributed by atoms with van der Waals surface area (Å²) in [5, 5.41) is 10.6. The van der Waals surface area contributed by atoms with Gasteiger partial charge in [0.15, 0.2) is 0 Å². The maximum absolute atomic E-state index is 12.6. The van der Waals surface area contributed by atoms with Gasteiger partial charge in [0.1, 0.15) is 0 Å². The van der Waals surface area contributed by atoms with Crippen molar-refractivity contribution in [1.82, 2.24) is 4.31 Å². The lowest BCUT2D eigenvalue weighted by molar-refractivity contribution is -0.384. The second-order valence-electron chi connectivity index (χ2n) is 5.39. The van der Waals surface area contributed by atoms with Gasteiger partial charge in [0.2, 0.25) is 10.0 Å². The average molecular weight is 313 g/mol. The van der Waals surface area contributed by atoms with Crippen molar-refractivity contribution in [3.8, 4) is 0 Å². The van der Waals surface area contributed by atoms with Gasteiger partial charge in [0.05, 0.1) is 9.82 Å². The Morgan fingerprint density at radius 1 is 1.38 bits per heavy atom. The summed E-state index contributed by atoms with van der Waals surface area (Å²) in [7, 11) is -3.66. The van der Waals surface area contributed by atoms with E-state index in [0.717, 1.165) is 12.8 Å². The molecule has 2 unspecified atom stereocenters. The van der Waals surface area contributed by atoms with E-state index in [0.29, 0.717) is 12.5 Å². The van der Waals surface area contributed by atoms with E-state index in [1.165, 1.54) is 28.6 Å². The third kappa shape index (κ3) is 3.22. The SMILES string of the molecule is CC1CCN(S(=O)(=O)c2ccc([N+](=O)[O-])cc2)C(CN)C1. The molecule has 1 aromatic carbocycles. The maximum Gasteiger partial charge on any atom is 0.269 e. The minimum absolute atomic E-state index is 0.0705. The molecule has 0 aliphatic carbocycles. The molecular formula is C13H19N3O4S. The first-order chi connectivity index (χ1) is 9.86. The summed E-state index contributed by atoms with van der Waals surface area (Å²) in [4.78, 5) is 10.1. The van der Waals surface area contributed by atoms with Gasteiger partial charge in [-0.15, -0.1) is 0 Å². The van der Waals surface area contributed by atoms with Crippen LogP contribution < -0.4 is 5.73 Å². The summed E-state index contributed by atoms with van der Waals surface area (Å²) < 4.78 is 26.7. The van der Waals surface area contributed by atoms with Crippen LogP contribution in [0, 0.1) is 16.0 Å². The third-order valence-electron chi connectivity index (χ3n) is 3.85. The Morgan fingerprint density at radius 3 is 2.52 bits per heavy atom. The smallest absolute Gasteiger partial charge is 0.269 e. The van der Waals surface area contributed by atoms with Crippen molar-refractivity contribution in [2.24, 2.45) is 11.7 Å². The van der Waals surface area contributed by atoms with Crippen molar-refractivity contribution in [3.63, 3.8) is 0 Å². The van der Waals surface area contributed by atoms with Crippen LogP contribution in [0.1, 0.15) is 19.8 Å². The first kappa shape index (κ1) is 15.9. The van der Waals surface area contributed by atoms with E-state index in [4.69, 9.17) is 5.73 Å². The van der Waals surface area contributed by atoms with Crippen LogP contribution in [-0.2, 0) is 10.0 Å². The highest BCUT2D eigenvalue weighted by Crippen LogP contribution is 2.28. The second-order valence-corrected chi connectivity index (χ2v) is 7.28. The summed E-state index contributed by atoms with van der Waals surface area (Å²) in [6.45, 7) is 2.79. The van der Waals surface area contributed by atoms with Gasteiger partial charge >= 0.3 is 0 Å². The molecule has 21 heavy (non-hydrogen) atoms. The number of nitrogens with two attached hydrogens (primary N) is 1. The Morgan fingerprint density at radius 2 is 2.00 bits per heavy atom. The Hall–Kier alpha value is -1.51. The van der Waals surface area contributed by atoms with Gasteiger partial charge in [-0.25, -0.2) is 8.42 Å². The van der Waals surface area contributed by atoms with Gasteiger partial charge in [-0.1, -0.05) is 6.92 Å². The number of nitro benzene ring substituents is 1. The number of hydrogen-bond acceptors (Lipinski definition) is 5. The van der Waals surface area contributed by atoms with E-state index in [1.54, 1.807) is 0 Å². The molecule has 0 saturated carbocycles. The topological polar surface area (TPSA) is 107 Å². The number of nitro groups is 1. The van der Waals surface area contributed by atoms with E-state index in [1.807, 2.05) is 0 Å². The third-order valence-corrected chi connectivity index (χ3v) is 5.82. The first-order valence-electron chi connectivity index (χ1n) is 6.82. The number of non-ortho nitro benzene ring substituents is 1. The molecule has 2 atom stereocenters. The molecule has 0 amide bonds. The zero-order chi connectivity index (χ0) is 15.6. The molecule has 1 aliphatic heterocycles. The number of sulfonamides is 1. The van der Waals surface area contributed by atoms with Crippen molar-refractivity contribution in [2.45, 2.75) is 30.7 Å². The van der Waals surface area contributed by atoms with E-state index in [9.17, 15) is 18.5 Å². The average Bonchev–Trinajstić information content (AvgIpc) is 2.46. The predicted octanol–water partition coefficient (Wildman–Crippen LogP) is 1.34. The summed E-state index contributed by atoms with van der Waals surface area (Å²) in [6.07, 6.45) is 1.53. The van der Waals surface area contributed by atoms with Crippen LogP contribution in [0.2, 0.25) is 0 Å². The Kier molecular flexibility index (Phi) is 4.60. The fraction of sp³-hybridized carbons (Fsp3) is 0.538. The highest BCUT2D eigenvalue weighted by molar-refractivity contribution is 7.89. The van der Waals surface area contributed by atoms with Crippen molar-refractivity contribution in [3.05, 3.63) is 34.4 Å². The molecule has 0 spiro atoms. The molecule has 0 bridgehead atoms. The quantitative estimate of drug-likeness (QED) is 0.667. The number of piperidine rings is 1. The van der Waals surface area contributed by atoms with Gasteiger partial charge in [-0.3, -0.25) is 10.1 Å². The summed E-state index contributed by atoms with van der Waals surface area (Å²) >= 11 is 0. The van der Waals surface area contributed by atoms with Crippen molar-refractivity contribution in [1.29, 1.82) is 0 Å². The molecule has 1 heterocycles. The molecule has 7 nitrogen and oxygen atoms in total. The molecule has 0 aromatic heterocycles. The normalized spacial score (nSPS) is 23.9. The molecule has 1 saturated heterocycles. The van der Waals surface area contributed by atoms with Crippen LogP contribution in [0.15, 0.2) is 29.2 Å². The zero-order valence-electron chi connectivity index (χ0n) is 11.8. The van der Waals surface area contributed by atoms with Gasteiger partial charge in [-0.05, 0) is 30.9 Å². The number of rotatable bonds is 4. The van der Waals surface area contributed by atoms with Crippen LogP contribution in [0.25, 0.3) is 0 Å². The van der Waals surface area contributed by atoms with Gasteiger partial charge in [0.25, 0.3) is 5.69 Å². The minimum atomic E-state index is -3.66. The monoisotopic (exact) mass is 313 g/mol. The fourth-order valence-corrected chi connectivity index (χ4v) is 4.30. The largest absolute Gasteiger partial charge is 0.329 e. The van der Waals surface area contributed by atoms with Crippen LogP contribution in [-0.4, -0.2) is 36.8 Å². The molecule has 8 heteroatoms. The van der Waals surface area contributed by atoms with Crippen molar-refractivity contribution < 1.29 is 13.3 Å². The molecule has 2 rings (SSSR count). The van der Waals surface area contributed by atoms with Crippen LogP contribution >= 0.6 is 0 Å². The Bertz CT molecular complexity index is 615. The van der Waals surface area contributed by atoms with Crippen LogP contribution in [0.3, 0.4) is 0 Å². The van der Waals surface area contributed by atoms with E-state index in [2.05, 4.69) is 6.92 Å². The fourth-order valence-electron chi connectivity index (χ4n) is 2.64. The molecule has 0 radical (unpaired) electrons. The van der Waals surface area contributed by atoms with E-state index in [-0.39, 0.29) is 23.2 Å². The molecule has 1 fully saturated rings. The summed E-state index contributed by atoms with van der Waals surface area (Å²) in [6, 6.07) is 4.75. The molecule has 1 aliphatic rings. The Labute approximate surface area is 123 Å². The minimum Gasteiger partial charge on any atom is -0.329 e. The second kappa shape index (κ2) is 6.08. The lowest BCUT2D eigenvalue weighted by atomic mass is 9.94.